The molecule has 1 unspecified atom stereocenters. The van der Waals surface area contributed by atoms with Gasteiger partial charge in [-0.3, -0.25) is 18.9 Å². The number of carbonyl (C=O) groups excluding carboxylic acids is 2. The number of esters is 1. The average Bonchev–Trinajstić information content (AvgIpc) is 3.38. The van der Waals surface area contributed by atoms with Crippen molar-refractivity contribution < 1.29 is 38.1 Å². The summed E-state index contributed by atoms with van der Waals surface area (Å²) in [5, 5.41) is 14.8. The van der Waals surface area contributed by atoms with Gasteiger partial charge >= 0.3 is 19.5 Å². The van der Waals surface area contributed by atoms with Gasteiger partial charge in [0.05, 0.1) is 19.0 Å². The molecule has 48 heavy (non-hydrogen) atoms. The van der Waals surface area contributed by atoms with Crippen LogP contribution in [0, 0.1) is 13.8 Å². The number of anilines is 1. The van der Waals surface area contributed by atoms with Crippen molar-refractivity contribution in [2.45, 2.75) is 79.0 Å². The third kappa shape index (κ3) is 9.24. The first-order valence-electron chi connectivity index (χ1n) is 15.3. The van der Waals surface area contributed by atoms with Crippen LogP contribution in [0.25, 0.3) is 11.2 Å². The fourth-order valence-electron chi connectivity index (χ4n) is 5.45. The van der Waals surface area contributed by atoms with E-state index in [2.05, 4.69) is 25.4 Å². The van der Waals surface area contributed by atoms with Gasteiger partial charge in [-0.2, -0.15) is 0 Å². The molecule has 0 spiro atoms. The van der Waals surface area contributed by atoms with Crippen molar-refractivity contribution in [3.05, 3.63) is 71.8 Å². The Morgan fingerprint density at radius 2 is 1.77 bits per heavy atom. The molecule has 3 atom stereocenters. The van der Waals surface area contributed by atoms with E-state index in [1.807, 2.05) is 33.8 Å². The SMILES string of the molecule is CC(=O)Oc1cc(C)cc(C)c1C(C)(C)CC(=O)Nc1ncnc2c1ncn2C[C@@H](C)OCP(=O)(N[C@@H](C)C(=O)O)Oc1ccccc1. The third-order valence-electron chi connectivity index (χ3n) is 7.38. The number of carboxylic acid groups (broad SMARTS) is 1. The molecule has 0 saturated carbocycles. The number of aliphatic carboxylic acids is 1. The summed E-state index contributed by atoms with van der Waals surface area (Å²) in [6, 6.07) is 11.0. The molecule has 0 radical (unpaired) electrons. The Bertz CT molecular complexity index is 1840. The van der Waals surface area contributed by atoms with Crippen molar-refractivity contribution in [2.75, 3.05) is 11.7 Å². The van der Waals surface area contributed by atoms with Crippen LogP contribution >= 0.6 is 7.52 Å². The number of aryl methyl sites for hydroxylation is 2. The van der Waals surface area contributed by atoms with Crippen LogP contribution in [-0.4, -0.2) is 61.0 Å². The molecule has 0 aliphatic carbocycles. The lowest BCUT2D eigenvalue weighted by molar-refractivity contribution is -0.138. The molecule has 0 fully saturated rings. The van der Waals surface area contributed by atoms with E-state index in [1.165, 1.54) is 26.5 Å². The van der Waals surface area contributed by atoms with E-state index in [4.69, 9.17) is 14.0 Å². The van der Waals surface area contributed by atoms with E-state index >= 15 is 0 Å². The van der Waals surface area contributed by atoms with Crippen LogP contribution in [0.2, 0.25) is 0 Å². The van der Waals surface area contributed by atoms with E-state index in [1.54, 1.807) is 47.9 Å². The summed E-state index contributed by atoms with van der Waals surface area (Å²) in [6.07, 6.45) is 1.97. The monoisotopic (exact) mass is 680 g/mol. The molecule has 256 valence electrons. The van der Waals surface area contributed by atoms with Crippen molar-refractivity contribution in [2.24, 2.45) is 0 Å². The zero-order chi connectivity index (χ0) is 35.2. The molecule has 3 N–H and O–H groups in total. The summed E-state index contributed by atoms with van der Waals surface area (Å²) >= 11 is 0. The lowest BCUT2D eigenvalue weighted by atomic mass is 9.78. The number of benzene rings is 2. The maximum absolute atomic E-state index is 13.6. The number of nitrogens with zero attached hydrogens (tertiary/aromatic N) is 4. The van der Waals surface area contributed by atoms with E-state index in [0.29, 0.717) is 22.7 Å². The van der Waals surface area contributed by atoms with Crippen LogP contribution in [0.1, 0.15) is 57.7 Å². The van der Waals surface area contributed by atoms with Gasteiger partial charge in [0.1, 0.15) is 30.2 Å². The highest BCUT2D eigenvalue weighted by Gasteiger charge is 2.32. The maximum Gasteiger partial charge on any atom is 0.342 e. The quantitative estimate of drug-likeness (QED) is 0.0830. The van der Waals surface area contributed by atoms with Crippen LogP contribution < -0.4 is 19.7 Å². The Labute approximate surface area is 278 Å². The summed E-state index contributed by atoms with van der Waals surface area (Å²) in [4.78, 5) is 49.6. The number of carboxylic acids is 1. The van der Waals surface area contributed by atoms with Gasteiger partial charge in [0.15, 0.2) is 17.0 Å². The molecular formula is C33H41N6O8P. The van der Waals surface area contributed by atoms with Crippen molar-refractivity contribution in [3.8, 4) is 11.5 Å². The lowest BCUT2D eigenvalue weighted by Gasteiger charge is -2.28. The summed E-state index contributed by atoms with van der Waals surface area (Å²) < 4.78 is 32.4. The molecule has 2 aromatic heterocycles. The standard InChI is InChI=1S/C33H41N6O8P/c1-20-13-21(2)28(26(14-20)46-24(5)40)33(6,7)15-27(41)37-30-29-31(35-17-34-30)39(18-36-29)16-22(3)45-19-48(44,38-23(4)32(42)43)47-25-11-9-8-10-12-25/h8-14,17-18,22-23H,15-16,19H2,1-7H3,(H,38,44)(H,42,43)(H,34,35,37,41)/t22-,23+,48?/m1/s1. The van der Waals surface area contributed by atoms with Gasteiger partial charge in [-0.05, 0) is 57.0 Å². The molecule has 1 amide bonds. The van der Waals surface area contributed by atoms with Crippen molar-refractivity contribution >= 4 is 42.3 Å². The predicted molar refractivity (Wildman–Crippen MR) is 179 cm³/mol. The molecule has 0 saturated heterocycles. The second-order valence-electron chi connectivity index (χ2n) is 12.3. The Kier molecular flexibility index (Phi) is 11.4. The zero-order valence-corrected chi connectivity index (χ0v) is 28.9. The van der Waals surface area contributed by atoms with E-state index in [0.717, 1.165) is 16.7 Å². The number of hydrogen-bond donors (Lipinski definition) is 3. The molecule has 2 heterocycles. The van der Waals surface area contributed by atoms with Crippen LogP contribution in [-0.2, 0) is 35.6 Å². The first-order valence-corrected chi connectivity index (χ1v) is 17.1. The molecule has 0 aliphatic rings. The minimum absolute atomic E-state index is 0.0574. The Balaban J connectivity index is 1.46. The molecule has 4 rings (SSSR count). The fourth-order valence-corrected chi connectivity index (χ4v) is 7.24. The Morgan fingerprint density at radius 3 is 2.44 bits per heavy atom. The summed E-state index contributed by atoms with van der Waals surface area (Å²) in [5.41, 5.74) is 2.69. The molecule has 15 heteroatoms. The number of aromatic nitrogens is 4. The number of nitrogens with one attached hydrogen (secondary N) is 2. The van der Waals surface area contributed by atoms with Crippen molar-refractivity contribution in [3.63, 3.8) is 0 Å². The highest BCUT2D eigenvalue weighted by molar-refractivity contribution is 7.57. The highest BCUT2D eigenvalue weighted by Crippen LogP contribution is 2.44. The Hall–Kier alpha value is -4.65. The topological polar surface area (TPSA) is 184 Å². The molecule has 14 nitrogen and oxygen atoms in total. The first-order chi connectivity index (χ1) is 22.6. The minimum Gasteiger partial charge on any atom is -0.480 e. The number of ether oxygens (including phenoxy) is 2. The Morgan fingerprint density at radius 1 is 1.06 bits per heavy atom. The number of imidazole rings is 1. The summed E-state index contributed by atoms with van der Waals surface area (Å²) in [7, 11) is -3.80. The van der Waals surface area contributed by atoms with E-state index in [9.17, 15) is 24.1 Å². The van der Waals surface area contributed by atoms with Crippen LogP contribution in [0.15, 0.2) is 55.1 Å². The van der Waals surface area contributed by atoms with Crippen LogP contribution in [0.5, 0.6) is 11.5 Å². The second kappa shape index (κ2) is 15.1. The summed E-state index contributed by atoms with van der Waals surface area (Å²) in [5.74, 6) is -1.00. The molecule has 0 aliphatic heterocycles. The van der Waals surface area contributed by atoms with Crippen molar-refractivity contribution in [1.29, 1.82) is 0 Å². The van der Waals surface area contributed by atoms with Gasteiger partial charge < -0.3 is 29.0 Å². The van der Waals surface area contributed by atoms with E-state index in [-0.39, 0.29) is 24.7 Å². The van der Waals surface area contributed by atoms with Gasteiger partial charge in [-0.15, -0.1) is 0 Å². The number of para-hydroxylation sites is 1. The third-order valence-corrected chi connectivity index (χ3v) is 9.15. The fraction of sp³-hybridized carbons (Fsp3) is 0.394. The average molecular weight is 681 g/mol. The van der Waals surface area contributed by atoms with Gasteiger partial charge in [-0.25, -0.2) is 20.0 Å². The van der Waals surface area contributed by atoms with Gasteiger partial charge in [0.25, 0.3) is 0 Å². The zero-order valence-electron chi connectivity index (χ0n) is 28.0. The van der Waals surface area contributed by atoms with Gasteiger partial charge in [-0.1, -0.05) is 38.1 Å². The molecule has 4 aromatic rings. The first kappa shape index (κ1) is 36.2. The largest absolute Gasteiger partial charge is 0.480 e. The molecule has 0 bridgehead atoms. The lowest BCUT2D eigenvalue weighted by Crippen LogP contribution is -2.34. The van der Waals surface area contributed by atoms with Crippen LogP contribution in [0.4, 0.5) is 5.82 Å². The predicted octanol–water partition coefficient (Wildman–Crippen LogP) is 5.37. The number of amides is 1. The molecular weight excluding hydrogens is 639 g/mol. The van der Waals surface area contributed by atoms with Crippen molar-refractivity contribution in [1.82, 2.24) is 24.6 Å². The maximum atomic E-state index is 13.6. The molecule has 2 aromatic carbocycles. The number of hydrogen-bond acceptors (Lipinski definition) is 10. The van der Waals surface area contributed by atoms with E-state index < -0.39 is 43.4 Å². The number of fused-ring (bicyclic) bond motifs is 1. The number of rotatable bonds is 15. The number of carbonyl (C=O) groups is 3. The highest BCUT2D eigenvalue weighted by atomic mass is 31.2. The van der Waals surface area contributed by atoms with Crippen LogP contribution in [0.3, 0.4) is 0 Å². The summed E-state index contributed by atoms with van der Waals surface area (Å²) in [6.45, 7) is 12.3. The van der Waals surface area contributed by atoms with Gasteiger partial charge in [0, 0.05) is 24.3 Å². The smallest absolute Gasteiger partial charge is 0.342 e. The normalized spacial score (nSPS) is 14.1. The second-order valence-corrected chi connectivity index (χ2v) is 14.4. The van der Waals surface area contributed by atoms with Gasteiger partial charge in [0.2, 0.25) is 5.91 Å². The minimum atomic E-state index is -3.80.